The van der Waals surface area contributed by atoms with E-state index in [4.69, 9.17) is 9.47 Å². The van der Waals surface area contributed by atoms with Gasteiger partial charge >= 0.3 is 0 Å². The number of benzene rings is 1. The summed E-state index contributed by atoms with van der Waals surface area (Å²) in [6.45, 7) is 4.83. The van der Waals surface area contributed by atoms with Crippen molar-refractivity contribution in [1.82, 2.24) is 0 Å². The maximum Gasteiger partial charge on any atom is 0.155 e. The first-order valence-corrected chi connectivity index (χ1v) is 5.09. The molecular formula is C12H16O2. The van der Waals surface area contributed by atoms with Crippen LogP contribution in [0.2, 0.25) is 0 Å². The maximum absolute atomic E-state index is 5.66. The first-order chi connectivity index (χ1) is 6.77. The van der Waals surface area contributed by atoms with Crippen molar-refractivity contribution in [3.63, 3.8) is 0 Å². The van der Waals surface area contributed by atoms with Crippen LogP contribution in [-0.2, 0) is 9.47 Å². The highest BCUT2D eigenvalue weighted by molar-refractivity contribution is 5.20. The lowest BCUT2D eigenvalue weighted by molar-refractivity contribution is -0.0455. The van der Waals surface area contributed by atoms with Gasteiger partial charge in [0.15, 0.2) is 6.29 Å². The lowest BCUT2D eigenvalue weighted by atomic mass is 9.96. The van der Waals surface area contributed by atoms with E-state index in [9.17, 15) is 0 Å². The zero-order chi connectivity index (χ0) is 9.97. The Bertz CT molecular complexity index is 284. The first-order valence-electron chi connectivity index (χ1n) is 5.09. The summed E-state index contributed by atoms with van der Waals surface area (Å²) in [4.78, 5) is 0. The first kappa shape index (κ1) is 9.69. The minimum atomic E-state index is -0.0498. The molecule has 2 rings (SSSR count). The molecule has 14 heavy (non-hydrogen) atoms. The summed E-state index contributed by atoms with van der Waals surface area (Å²) in [7, 11) is 0. The third-order valence-electron chi connectivity index (χ3n) is 2.74. The SMILES string of the molecule is CC1OCC(C(C)c2ccccc2)O1. The van der Waals surface area contributed by atoms with Gasteiger partial charge < -0.3 is 9.47 Å². The van der Waals surface area contributed by atoms with Gasteiger partial charge in [-0.05, 0) is 12.5 Å². The third-order valence-corrected chi connectivity index (χ3v) is 2.74. The molecule has 1 aliphatic heterocycles. The molecule has 0 radical (unpaired) electrons. The van der Waals surface area contributed by atoms with E-state index in [1.54, 1.807) is 0 Å². The van der Waals surface area contributed by atoms with Crippen molar-refractivity contribution < 1.29 is 9.47 Å². The maximum atomic E-state index is 5.66. The fourth-order valence-electron chi connectivity index (χ4n) is 1.79. The molecule has 3 atom stereocenters. The Morgan fingerprint density at radius 2 is 2.00 bits per heavy atom. The Labute approximate surface area is 84.8 Å². The summed E-state index contributed by atoms with van der Waals surface area (Å²) >= 11 is 0. The molecule has 76 valence electrons. The van der Waals surface area contributed by atoms with Gasteiger partial charge in [0.05, 0.1) is 12.7 Å². The Balaban J connectivity index is 2.05. The number of hydrogen-bond acceptors (Lipinski definition) is 2. The minimum Gasteiger partial charge on any atom is -0.350 e. The van der Waals surface area contributed by atoms with Crippen LogP contribution in [0.25, 0.3) is 0 Å². The van der Waals surface area contributed by atoms with Crippen molar-refractivity contribution in [2.75, 3.05) is 6.61 Å². The lowest BCUT2D eigenvalue weighted by Gasteiger charge is -2.17. The molecule has 0 saturated carbocycles. The summed E-state index contributed by atoms with van der Waals surface area (Å²) in [6.07, 6.45) is 0.151. The molecule has 1 fully saturated rings. The Hall–Kier alpha value is -0.860. The molecule has 1 aromatic carbocycles. The average Bonchev–Trinajstić information content (AvgIpc) is 2.65. The number of hydrogen-bond donors (Lipinski definition) is 0. The molecule has 2 heteroatoms. The van der Waals surface area contributed by atoms with Crippen LogP contribution in [0.15, 0.2) is 30.3 Å². The van der Waals surface area contributed by atoms with Gasteiger partial charge in [0, 0.05) is 5.92 Å². The van der Waals surface area contributed by atoms with E-state index in [0.717, 1.165) is 0 Å². The van der Waals surface area contributed by atoms with Gasteiger partial charge in [0.25, 0.3) is 0 Å². The zero-order valence-corrected chi connectivity index (χ0v) is 8.64. The van der Waals surface area contributed by atoms with Crippen LogP contribution in [0.3, 0.4) is 0 Å². The number of rotatable bonds is 2. The second-order valence-electron chi connectivity index (χ2n) is 3.77. The third kappa shape index (κ3) is 1.97. The quantitative estimate of drug-likeness (QED) is 0.717. The van der Waals surface area contributed by atoms with E-state index in [2.05, 4.69) is 31.2 Å². The monoisotopic (exact) mass is 192 g/mol. The fourth-order valence-corrected chi connectivity index (χ4v) is 1.79. The van der Waals surface area contributed by atoms with Crippen LogP contribution < -0.4 is 0 Å². The van der Waals surface area contributed by atoms with Crippen LogP contribution in [0.5, 0.6) is 0 Å². The molecule has 1 aliphatic rings. The van der Waals surface area contributed by atoms with Crippen LogP contribution in [-0.4, -0.2) is 19.0 Å². The summed E-state index contributed by atoms with van der Waals surface area (Å²) in [5.74, 6) is 0.404. The van der Waals surface area contributed by atoms with E-state index in [-0.39, 0.29) is 12.4 Å². The normalized spacial score (nSPS) is 29.0. The standard InChI is InChI=1S/C12H16O2/c1-9(11-6-4-3-5-7-11)12-8-13-10(2)14-12/h3-7,9-10,12H,8H2,1-2H3. The van der Waals surface area contributed by atoms with E-state index in [0.29, 0.717) is 12.5 Å². The van der Waals surface area contributed by atoms with E-state index >= 15 is 0 Å². The fraction of sp³-hybridized carbons (Fsp3) is 0.500. The Kier molecular flexibility index (Phi) is 2.85. The highest BCUT2D eigenvalue weighted by atomic mass is 16.7. The molecule has 0 aliphatic carbocycles. The van der Waals surface area contributed by atoms with Gasteiger partial charge in [-0.15, -0.1) is 0 Å². The van der Waals surface area contributed by atoms with Crippen LogP contribution in [0.4, 0.5) is 0 Å². The van der Waals surface area contributed by atoms with E-state index in [1.165, 1.54) is 5.56 Å². The van der Waals surface area contributed by atoms with Crippen molar-refractivity contribution in [2.24, 2.45) is 0 Å². The lowest BCUT2D eigenvalue weighted by Crippen LogP contribution is -2.18. The summed E-state index contributed by atoms with van der Waals surface area (Å²) in [5, 5.41) is 0. The van der Waals surface area contributed by atoms with Gasteiger partial charge in [0.2, 0.25) is 0 Å². The Morgan fingerprint density at radius 3 is 2.57 bits per heavy atom. The summed E-state index contributed by atoms with van der Waals surface area (Å²) < 4.78 is 11.0. The molecule has 3 unspecified atom stereocenters. The van der Waals surface area contributed by atoms with Crippen molar-refractivity contribution in [3.05, 3.63) is 35.9 Å². The van der Waals surface area contributed by atoms with E-state index in [1.807, 2.05) is 13.0 Å². The highest BCUT2D eigenvalue weighted by Crippen LogP contribution is 2.26. The predicted octanol–water partition coefficient (Wildman–Crippen LogP) is 2.55. The van der Waals surface area contributed by atoms with Crippen molar-refractivity contribution in [2.45, 2.75) is 32.2 Å². The molecule has 0 amide bonds. The van der Waals surface area contributed by atoms with Gasteiger partial charge in [-0.1, -0.05) is 37.3 Å². The molecule has 1 saturated heterocycles. The van der Waals surface area contributed by atoms with Crippen LogP contribution in [0, 0.1) is 0 Å². The predicted molar refractivity (Wildman–Crippen MR) is 55.1 cm³/mol. The molecular weight excluding hydrogens is 176 g/mol. The molecule has 2 nitrogen and oxygen atoms in total. The van der Waals surface area contributed by atoms with Gasteiger partial charge in [-0.2, -0.15) is 0 Å². The zero-order valence-electron chi connectivity index (χ0n) is 8.64. The largest absolute Gasteiger partial charge is 0.350 e. The molecule has 0 aromatic heterocycles. The average molecular weight is 192 g/mol. The smallest absolute Gasteiger partial charge is 0.155 e. The van der Waals surface area contributed by atoms with Gasteiger partial charge in [-0.3, -0.25) is 0 Å². The second-order valence-corrected chi connectivity index (χ2v) is 3.77. The van der Waals surface area contributed by atoms with Crippen molar-refractivity contribution in [1.29, 1.82) is 0 Å². The highest BCUT2D eigenvalue weighted by Gasteiger charge is 2.28. The topological polar surface area (TPSA) is 18.5 Å². The van der Waals surface area contributed by atoms with E-state index < -0.39 is 0 Å². The minimum absolute atomic E-state index is 0.0498. The van der Waals surface area contributed by atoms with Gasteiger partial charge in [-0.25, -0.2) is 0 Å². The summed E-state index contributed by atoms with van der Waals surface area (Å²) in [6, 6.07) is 10.4. The van der Waals surface area contributed by atoms with Crippen LogP contribution in [0.1, 0.15) is 25.3 Å². The number of ether oxygens (including phenoxy) is 2. The van der Waals surface area contributed by atoms with Gasteiger partial charge in [0.1, 0.15) is 0 Å². The van der Waals surface area contributed by atoms with Crippen molar-refractivity contribution >= 4 is 0 Å². The molecule has 0 spiro atoms. The van der Waals surface area contributed by atoms with Crippen molar-refractivity contribution in [3.8, 4) is 0 Å². The molecule has 0 bridgehead atoms. The molecule has 1 aromatic rings. The second kappa shape index (κ2) is 4.11. The van der Waals surface area contributed by atoms with Crippen LogP contribution >= 0.6 is 0 Å². The molecule has 0 N–H and O–H groups in total. The Morgan fingerprint density at radius 1 is 1.29 bits per heavy atom. The molecule has 1 heterocycles. The summed E-state index contributed by atoms with van der Waals surface area (Å²) in [5.41, 5.74) is 1.32.